The smallest absolute Gasteiger partial charge is 0.334 e. The summed E-state index contributed by atoms with van der Waals surface area (Å²) in [5.74, 6) is -1.37. The molecule has 6 nitrogen and oxygen atoms in total. The lowest BCUT2D eigenvalue weighted by Gasteiger charge is -2.30. The predicted octanol–water partition coefficient (Wildman–Crippen LogP) is 2.39. The lowest BCUT2D eigenvalue weighted by atomic mass is 10.2. The number of ether oxygens (including phenoxy) is 1. The van der Waals surface area contributed by atoms with E-state index in [1.807, 2.05) is 18.2 Å². The molecule has 0 spiro atoms. The number of thiazole rings is 1. The van der Waals surface area contributed by atoms with Crippen LogP contribution in [0.15, 0.2) is 29.6 Å². The first kappa shape index (κ1) is 15.9. The summed E-state index contributed by atoms with van der Waals surface area (Å²) in [5.41, 5.74) is 1.06. The minimum atomic E-state index is -1.07. The standard InChI is InChI=1S/C15H13ClN2O4S/c16-10-4-2-1-3-9(10)13-17-11(8-23-13)14(19)18-5-6-22-12(7-18)15(20)21/h1-4,8,12H,5-7H2,(H,20,21). The Morgan fingerprint density at radius 3 is 2.91 bits per heavy atom. The van der Waals surface area contributed by atoms with Crippen molar-refractivity contribution in [3.05, 3.63) is 40.4 Å². The molecule has 0 saturated carbocycles. The van der Waals surface area contributed by atoms with Gasteiger partial charge in [0.1, 0.15) is 10.7 Å². The zero-order chi connectivity index (χ0) is 16.4. The maximum absolute atomic E-state index is 12.5. The summed E-state index contributed by atoms with van der Waals surface area (Å²) in [6, 6.07) is 7.28. The number of carboxylic acid groups (broad SMARTS) is 1. The quantitative estimate of drug-likeness (QED) is 0.917. The highest BCUT2D eigenvalue weighted by Gasteiger charge is 2.30. The first-order valence-corrected chi connectivity index (χ1v) is 8.16. The molecule has 2 aromatic rings. The van der Waals surface area contributed by atoms with E-state index >= 15 is 0 Å². The lowest BCUT2D eigenvalue weighted by molar-refractivity contribution is -0.154. The third kappa shape index (κ3) is 3.36. The second kappa shape index (κ2) is 6.66. The number of carbonyl (C=O) groups is 2. The van der Waals surface area contributed by atoms with E-state index in [4.69, 9.17) is 21.4 Å². The first-order valence-electron chi connectivity index (χ1n) is 6.90. The highest BCUT2D eigenvalue weighted by molar-refractivity contribution is 7.13. The molecule has 1 aromatic carbocycles. The van der Waals surface area contributed by atoms with E-state index in [-0.39, 0.29) is 24.8 Å². The van der Waals surface area contributed by atoms with E-state index in [0.29, 0.717) is 16.6 Å². The van der Waals surface area contributed by atoms with Gasteiger partial charge < -0.3 is 14.7 Å². The van der Waals surface area contributed by atoms with Gasteiger partial charge in [0.25, 0.3) is 5.91 Å². The topological polar surface area (TPSA) is 79.7 Å². The second-order valence-electron chi connectivity index (χ2n) is 4.97. The van der Waals surface area contributed by atoms with Crippen molar-refractivity contribution < 1.29 is 19.4 Å². The monoisotopic (exact) mass is 352 g/mol. The molecule has 23 heavy (non-hydrogen) atoms. The van der Waals surface area contributed by atoms with Crippen molar-refractivity contribution in [2.75, 3.05) is 19.7 Å². The minimum Gasteiger partial charge on any atom is -0.479 e. The number of carbonyl (C=O) groups excluding carboxylic acids is 1. The van der Waals surface area contributed by atoms with Gasteiger partial charge in [-0.2, -0.15) is 0 Å². The number of amides is 1. The Morgan fingerprint density at radius 2 is 2.17 bits per heavy atom. The van der Waals surface area contributed by atoms with Crippen LogP contribution in [0.2, 0.25) is 5.02 Å². The van der Waals surface area contributed by atoms with E-state index in [9.17, 15) is 9.59 Å². The van der Waals surface area contributed by atoms with E-state index < -0.39 is 12.1 Å². The Kier molecular flexibility index (Phi) is 4.61. The van der Waals surface area contributed by atoms with E-state index in [0.717, 1.165) is 5.56 Å². The van der Waals surface area contributed by atoms with Gasteiger partial charge >= 0.3 is 5.97 Å². The van der Waals surface area contributed by atoms with Gasteiger partial charge in [0.15, 0.2) is 6.10 Å². The molecule has 0 bridgehead atoms. The summed E-state index contributed by atoms with van der Waals surface area (Å²) in [7, 11) is 0. The van der Waals surface area contributed by atoms with Crippen LogP contribution in [0.25, 0.3) is 10.6 Å². The van der Waals surface area contributed by atoms with Crippen LogP contribution in [0.3, 0.4) is 0 Å². The summed E-state index contributed by atoms with van der Waals surface area (Å²) in [4.78, 5) is 29.3. The van der Waals surface area contributed by atoms with Crippen LogP contribution in [-0.4, -0.2) is 52.7 Å². The summed E-state index contributed by atoms with van der Waals surface area (Å²) >= 11 is 7.47. The maximum atomic E-state index is 12.5. The van der Waals surface area contributed by atoms with Crippen LogP contribution >= 0.6 is 22.9 Å². The Bertz CT molecular complexity index is 749. The Hall–Kier alpha value is -1.96. The second-order valence-corrected chi connectivity index (χ2v) is 6.23. The number of benzene rings is 1. The number of aromatic nitrogens is 1. The fourth-order valence-electron chi connectivity index (χ4n) is 2.28. The Labute approximate surface area is 141 Å². The van der Waals surface area contributed by atoms with Gasteiger partial charge in [-0.25, -0.2) is 9.78 Å². The number of rotatable bonds is 3. The van der Waals surface area contributed by atoms with Crippen molar-refractivity contribution in [3.63, 3.8) is 0 Å². The normalized spacial score (nSPS) is 18.0. The number of halogens is 1. The molecule has 1 aliphatic rings. The van der Waals surface area contributed by atoms with Crippen LogP contribution in [0, 0.1) is 0 Å². The van der Waals surface area contributed by atoms with Crippen molar-refractivity contribution in [2.45, 2.75) is 6.10 Å². The van der Waals surface area contributed by atoms with E-state index in [1.54, 1.807) is 11.4 Å². The van der Waals surface area contributed by atoms with Crippen molar-refractivity contribution in [2.24, 2.45) is 0 Å². The number of hydrogen-bond donors (Lipinski definition) is 1. The van der Waals surface area contributed by atoms with Gasteiger partial charge in [-0.3, -0.25) is 4.79 Å². The van der Waals surface area contributed by atoms with Gasteiger partial charge in [-0.05, 0) is 6.07 Å². The molecule has 3 rings (SSSR count). The van der Waals surface area contributed by atoms with Gasteiger partial charge in [-0.15, -0.1) is 11.3 Å². The fourth-order valence-corrected chi connectivity index (χ4v) is 3.39. The fraction of sp³-hybridized carbons (Fsp3) is 0.267. The minimum absolute atomic E-state index is 0.0210. The molecule has 0 radical (unpaired) electrons. The molecule has 1 aromatic heterocycles. The molecule has 1 saturated heterocycles. The Balaban J connectivity index is 1.79. The molecule has 1 fully saturated rings. The molecule has 8 heteroatoms. The van der Waals surface area contributed by atoms with Crippen LogP contribution in [0.4, 0.5) is 0 Å². The summed E-state index contributed by atoms with van der Waals surface area (Å²) in [6.45, 7) is 0.568. The van der Waals surface area contributed by atoms with Crippen LogP contribution in [-0.2, 0) is 9.53 Å². The van der Waals surface area contributed by atoms with Crippen molar-refractivity contribution >= 4 is 34.8 Å². The van der Waals surface area contributed by atoms with E-state index in [2.05, 4.69) is 4.98 Å². The predicted molar refractivity (Wildman–Crippen MR) is 85.8 cm³/mol. The Morgan fingerprint density at radius 1 is 1.39 bits per heavy atom. The molecule has 120 valence electrons. The van der Waals surface area contributed by atoms with Crippen molar-refractivity contribution in [1.29, 1.82) is 0 Å². The molecular formula is C15H13ClN2O4S. The number of nitrogens with zero attached hydrogens (tertiary/aromatic N) is 2. The highest BCUT2D eigenvalue weighted by Crippen LogP contribution is 2.30. The summed E-state index contributed by atoms with van der Waals surface area (Å²) < 4.78 is 5.12. The summed E-state index contributed by atoms with van der Waals surface area (Å²) in [6.07, 6.45) is -0.991. The third-order valence-electron chi connectivity index (χ3n) is 3.46. The average molecular weight is 353 g/mol. The highest BCUT2D eigenvalue weighted by atomic mass is 35.5. The van der Waals surface area contributed by atoms with E-state index in [1.165, 1.54) is 16.2 Å². The third-order valence-corrected chi connectivity index (χ3v) is 4.66. The number of hydrogen-bond acceptors (Lipinski definition) is 5. The summed E-state index contributed by atoms with van der Waals surface area (Å²) in [5, 5.41) is 11.9. The van der Waals surface area contributed by atoms with Gasteiger partial charge in [0.2, 0.25) is 0 Å². The number of aliphatic carboxylic acids is 1. The molecule has 1 atom stereocenters. The van der Waals surface area contributed by atoms with Crippen molar-refractivity contribution in [3.8, 4) is 10.6 Å². The molecular weight excluding hydrogens is 340 g/mol. The molecule has 1 amide bonds. The van der Waals surface area contributed by atoms with Gasteiger partial charge in [0, 0.05) is 17.5 Å². The molecule has 1 unspecified atom stereocenters. The van der Waals surface area contributed by atoms with Crippen LogP contribution in [0.5, 0.6) is 0 Å². The largest absolute Gasteiger partial charge is 0.479 e. The first-order chi connectivity index (χ1) is 11.1. The molecule has 1 N–H and O–H groups in total. The molecule has 1 aliphatic heterocycles. The van der Waals surface area contributed by atoms with Crippen LogP contribution in [0.1, 0.15) is 10.5 Å². The average Bonchev–Trinajstić information content (AvgIpc) is 3.04. The zero-order valence-corrected chi connectivity index (χ0v) is 13.5. The molecule has 2 heterocycles. The van der Waals surface area contributed by atoms with Gasteiger partial charge in [0.05, 0.1) is 18.2 Å². The lowest BCUT2D eigenvalue weighted by Crippen LogP contribution is -2.48. The molecule has 0 aliphatic carbocycles. The SMILES string of the molecule is O=C(O)C1CN(C(=O)c2csc(-c3ccccc3Cl)n2)CCO1. The van der Waals surface area contributed by atoms with Crippen LogP contribution < -0.4 is 0 Å². The van der Waals surface area contributed by atoms with Gasteiger partial charge in [-0.1, -0.05) is 29.8 Å². The number of morpholine rings is 1. The van der Waals surface area contributed by atoms with Crippen molar-refractivity contribution in [1.82, 2.24) is 9.88 Å². The number of carboxylic acids is 1. The zero-order valence-electron chi connectivity index (χ0n) is 11.9. The maximum Gasteiger partial charge on any atom is 0.334 e.